The highest BCUT2D eigenvalue weighted by Gasteiger charge is 2.27. The summed E-state index contributed by atoms with van der Waals surface area (Å²) in [5, 5.41) is 8.38. The van der Waals surface area contributed by atoms with Crippen LogP contribution < -0.4 is 25.4 Å². The number of nitrogens with zero attached hydrogens (tertiary/aromatic N) is 1. The molecule has 2 aromatic carbocycles. The number of rotatable bonds is 5. The zero-order valence-corrected chi connectivity index (χ0v) is 15.0. The Labute approximate surface area is 156 Å². The zero-order valence-electron chi connectivity index (χ0n) is 15.0. The number of guanidine groups is 1. The minimum Gasteiger partial charge on any atom is -0.497 e. The van der Waals surface area contributed by atoms with Gasteiger partial charge in [0, 0.05) is 11.8 Å². The predicted octanol–water partition coefficient (Wildman–Crippen LogP) is 2.00. The van der Waals surface area contributed by atoms with Gasteiger partial charge in [-0.25, -0.2) is 4.99 Å². The van der Waals surface area contributed by atoms with Crippen LogP contribution in [-0.2, 0) is 9.59 Å². The van der Waals surface area contributed by atoms with E-state index in [4.69, 9.17) is 9.47 Å². The van der Waals surface area contributed by atoms with Crippen LogP contribution in [0.4, 0.5) is 11.4 Å². The summed E-state index contributed by atoms with van der Waals surface area (Å²) in [5.74, 6) is 0.582. The first kappa shape index (κ1) is 18.2. The van der Waals surface area contributed by atoms with Crippen molar-refractivity contribution < 1.29 is 19.1 Å². The largest absolute Gasteiger partial charge is 0.497 e. The molecule has 2 amide bonds. The molecule has 1 heterocycles. The molecule has 8 nitrogen and oxygen atoms in total. The number of anilines is 2. The van der Waals surface area contributed by atoms with E-state index in [9.17, 15) is 9.59 Å². The number of carbonyl (C=O) groups excluding carboxylic acids is 2. The van der Waals surface area contributed by atoms with Crippen LogP contribution in [0.1, 0.15) is 6.42 Å². The molecule has 0 aromatic heterocycles. The van der Waals surface area contributed by atoms with E-state index in [1.54, 1.807) is 18.2 Å². The van der Waals surface area contributed by atoms with Gasteiger partial charge in [0.1, 0.15) is 17.5 Å². The van der Waals surface area contributed by atoms with E-state index in [0.717, 1.165) is 5.69 Å². The monoisotopic (exact) mass is 368 g/mol. The molecule has 1 aliphatic rings. The van der Waals surface area contributed by atoms with E-state index < -0.39 is 11.9 Å². The summed E-state index contributed by atoms with van der Waals surface area (Å²) in [6, 6.07) is 13.5. The number of para-hydroxylation sites is 1. The molecule has 3 rings (SSSR count). The van der Waals surface area contributed by atoms with Gasteiger partial charge in [-0.2, -0.15) is 0 Å². The molecule has 0 saturated heterocycles. The van der Waals surface area contributed by atoms with Crippen LogP contribution in [0.2, 0.25) is 0 Å². The van der Waals surface area contributed by atoms with E-state index in [-0.39, 0.29) is 18.3 Å². The van der Waals surface area contributed by atoms with E-state index in [1.165, 1.54) is 14.2 Å². The van der Waals surface area contributed by atoms with Crippen molar-refractivity contribution in [2.45, 2.75) is 12.5 Å². The molecule has 0 fully saturated rings. The van der Waals surface area contributed by atoms with Crippen LogP contribution in [-0.4, -0.2) is 38.0 Å². The van der Waals surface area contributed by atoms with Gasteiger partial charge in [0.15, 0.2) is 0 Å². The van der Waals surface area contributed by atoms with Gasteiger partial charge < -0.3 is 20.1 Å². The van der Waals surface area contributed by atoms with Crippen LogP contribution in [0.3, 0.4) is 0 Å². The van der Waals surface area contributed by atoms with E-state index in [2.05, 4.69) is 20.9 Å². The Kier molecular flexibility index (Phi) is 5.55. The Morgan fingerprint density at radius 2 is 1.93 bits per heavy atom. The van der Waals surface area contributed by atoms with Gasteiger partial charge in [-0.05, 0) is 24.3 Å². The van der Waals surface area contributed by atoms with Crippen LogP contribution in [0.5, 0.6) is 11.5 Å². The minimum absolute atomic E-state index is 0.0436. The molecule has 0 spiro atoms. The lowest BCUT2D eigenvalue weighted by Gasteiger charge is -2.21. The molecule has 8 heteroatoms. The summed E-state index contributed by atoms with van der Waals surface area (Å²) in [4.78, 5) is 29.0. The molecule has 0 unspecified atom stereocenters. The third-order valence-corrected chi connectivity index (χ3v) is 3.93. The molecule has 0 bridgehead atoms. The van der Waals surface area contributed by atoms with Gasteiger partial charge in [-0.3, -0.25) is 14.9 Å². The number of hydrogen-bond acceptors (Lipinski definition) is 6. The van der Waals surface area contributed by atoms with Crippen LogP contribution >= 0.6 is 0 Å². The standard InChI is InChI=1S/C19H20N4O4/c1-26-13-8-9-16(27-2)14(10-13)21-18(25)15-11-17(24)23-19(22-15)20-12-6-4-3-5-7-12/h3-10,15H,11H2,1-2H3,(H,21,25)(H2,20,22,23,24)/t15-/m1/s1. The second kappa shape index (κ2) is 8.22. The van der Waals surface area contributed by atoms with Crippen molar-refractivity contribution in [2.24, 2.45) is 4.99 Å². The maximum Gasteiger partial charge on any atom is 0.249 e. The number of amides is 2. The summed E-state index contributed by atoms with van der Waals surface area (Å²) >= 11 is 0. The molecule has 1 aliphatic heterocycles. The summed E-state index contributed by atoms with van der Waals surface area (Å²) in [6.07, 6.45) is -0.0436. The fourth-order valence-corrected chi connectivity index (χ4v) is 2.59. The minimum atomic E-state index is -0.860. The summed E-state index contributed by atoms with van der Waals surface area (Å²) < 4.78 is 10.4. The van der Waals surface area contributed by atoms with Gasteiger partial charge in [0.05, 0.1) is 26.3 Å². The summed E-state index contributed by atoms with van der Waals surface area (Å²) in [7, 11) is 3.04. The Morgan fingerprint density at radius 3 is 2.63 bits per heavy atom. The van der Waals surface area contributed by atoms with E-state index in [1.807, 2.05) is 30.3 Å². The maximum atomic E-state index is 12.7. The molecule has 3 N–H and O–H groups in total. The normalized spacial score (nSPS) is 16.0. The number of methoxy groups -OCH3 is 2. The van der Waals surface area contributed by atoms with Crippen LogP contribution in [0.15, 0.2) is 53.5 Å². The van der Waals surface area contributed by atoms with Crippen molar-refractivity contribution in [3.8, 4) is 11.5 Å². The number of hydrogen-bond donors (Lipinski definition) is 3. The third kappa shape index (κ3) is 4.55. The van der Waals surface area contributed by atoms with Gasteiger partial charge in [-0.15, -0.1) is 0 Å². The summed E-state index contributed by atoms with van der Waals surface area (Å²) in [5.41, 5.74) is 1.20. The van der Waals surface area contributed by atoms with E-state index in [0.29, 0.717) is 17.2 Å². The van der Waals surface area contributed by atoms with Crippen molar-refractivity contribution in [2.75, 3.05) is 24.9 Å². The molecular weight excluding hydrogens is 348 g/mol. The van der Waals surface area contributed by atoms with Crippen LogP contribution in [0.25, 0.3) is 0 Å². The van der Waals surface area contributed by atoms with Crippen molar-refractivity contribution in [3.05, 3.63) is 48.5 Å². The smallest absolute Gasteiger partial charge is 0.249 e. The number of carbonyl (C=O) groups is 2. The summed E-state index contributed by atoms with van der Waals surface area (Å²) in [6.45, 7) is 0. The number of benzene rings is 2. The highest BCUT2D eigenvalue weighted by molar-refractivity contribution is 6.10. The lowest BCUT2D eigenvalue weighted by atomic mass is 10.1. The maximum absolute atomic E-state index is 12.7. The molecule has 140 valence electrons. The van der Waals surface area contributed by atoms with Gasteiger partial charge in [-0.1, -0.05) is 18.2 Å². The highest BCUT2D eigenvalue weighted by atomic mass is 16.5. The SMILES string of the molecule is COc1ccc(OC)c(NC(=O)[C@H]2CC(=O)NC(Nc3ccccc3)=N2)c1. The predicted molar refractivity (Wildman–Crippen MR) is 102 cm³/mol. The van der Waals surface area contributed by atoms with Crippen molar-refractivity contribution in [1.82, 2.24) is 5.32 Å². The van der Waals surface area contributed by atoms with Crippen molar-refractivity contribution in [1.29, 1.82) is 0 Å². The molecule has 2 aromatic rings. The fraction of sp³-hybridized carbons (Fsp3) is 0.211. The third-order valence-electron chi connectivity index (χ3n) is 3.93. The average Bonchev–Trinajstić information content (AvgIpc) is 2.68. The van der Waals surface area contributed by atoms with Gasteiger partial charge in [0.2, 0.25) is 17.8 Å². The van der Waals surface area contributed by atoms with Crippen LogP contribution in [0, 0.1) is 0 Å². The molecular formula is C19H20N4O4. The lowest BCUT2D eigenvalue weighted by Crippen LogP contribution is -2.45. The fourth-order valence-electron chi connectivity index (χ4n) is 2.59. The Morgan fingerprint density at radius 1 is 1.15 bits per heavy atom. The zero-order chi connectivity index (χ0) is 19.2. The van der Waals surface area contributed by atoms with Gasteiger partial charge in [0.25, 0.3) is 0 Å². The lowest BCUT2D eigenvalue weighted by molar-refractivity contribution is -0.124. The molecule has 0 aliphatic carbocycles. The quantitative estimate of drug-likeness (QED) is 0.749. The van der Waals surface area contributed by atoms with E-state index >= 15 is 0 Å². The first-order chi connectivity index (χ1) is 13.1. The second-order valence-corrected chi connectivity index (χ2v) is 5.79. The number of aliphatic imine (C=N–C) groups is 1. The first-order valence-corrected chi connectivity index (χ1v) is 8.31. The Bertz CT molecular complexity index is 867. The van der Waals surface area contributed by atoms with Crippen molar-refractivity contribution >= 4 is 29.1 Å². The Balaban J connectivity index is 1.77. The number of nitrogens with one attached hydrogen (secondary N) is 3. The topological polar surface area (TPSA) is 101 Å². The molecule has 1 atom stereocenters. The van der Waals surface area contributed by atoms with Crippen molar-refractivity contribution in [3.63, 3.8) is 0 Å². The highest BCUT2D eigenvalue weighted by Crippen LogP contribution is 2.29. The molecule has 0 saturated carbocycles. The molecule has 27 heavy (non-hydrogen) atoms. The Hall–Kier alpha value is -3.55. The molecule has 0 radical (unpaired) electrons. The number of ether oxygens (including phenoxy) is 2. The van der Waals surface area contributed by atoms with Gasteiger partial charge >= 0.3 is 0 Å². The average molecular weight is 368 g/mol. The second-order valence-electron chi connectivity index (χ2n) is 5.79. The first-order valence-electron chi connectivity index (χ1n) is 8.31.